The molecule has 3 aromatic rings. The van der Waals surface area contributed by atoms with Crippen molar-refractivity contribution >= 4 is 21.7 Å². The first kappa shape index (κ1) is 19.2. The zero-order valence-corrected chi connectivity index (χ0v) is 14.9. The van der Waals surface area contributed by atoms with Crippen LogP contribution in [0.5, 0.6) is 0 Å². The summed E-state index contributed by atoms with van der Waals surface area (Å²) in [7, 11) is -4.56. The van der Waals surface area contributed by atoms with Crippen LogP contribution in [0.4, 0.5) is 13.2 Å². The van der Waals surface area contributed by atoms with Crippen LogP contribution in [-0.2, 0) is 16.3 Å². The smallest absolute Gasteiger partial charge is 0.282 e. The van der Waals surface area contributed by atoms with Gasteiger partial charge in [0.05, 0.1) is 12.4 Å². The predicted molar refractivity (Wildman–Crippen MR) is 86.9 cm³/mol. The first-order valence-electron chi connectivity index (χ1n) is 7.07. The highest BCUT2D eigenvalue weighted by Crippen LogP contribution is 2.31. The molecule has 0 saturated heterocycles. The first-order chi connectivity index (χ1) is 12.5. The van der Waals surface area contributed by atoms with E-state index in [1.165, 1.54) is 18.2 Å². The number of hydrogen-bond acceptors (Lipinski definition) is 6. The third-order valence-electron chi connectivity index (χ3n) is 3.38. The highest BCUT2D eigenvalue weighted by atomic mass is 35.5. The number of nitrogens with zero attached hydrogens (tertiary/aromatic N) is 5. The Labute approximate surface area is 155 Å². The Hall–Kier alpha value is -2.57. The molecule has 0 aliphatic carbocycles. The third-order valence-corrected chi connectivity index (χ3v) is 4.61. The molecule has 0 aliphatic heterocycles. The van der Waals surface area contributed by atoms with Crippen LogP contribution in [0.2, 0.25) is 5.02 Å². The minimum absolute atomic E-state index is 0.221. The fraction of sp³-hybridized carbons (Fsp3) is 0.143. The normalized spacial score (nSPS) is 12.4. The van der Waals surface area contributed by atoms with Gasteiger partial charge in [-0.25, -0.2) is 15.0 Å². The fourth-order valence-corrected chi connectivity index (χ4v) is 2.58. The molecule has 0 spiro atoms. The highest BCUT2D eigenvalue weighted by molar-refractivity contribution is 7.85. The van der Waals surface area contributed by atoms with E-state index in [-0.39, 0.29) is 17.3 Å². The van der Waals surface area contributed by atoms with Gasteiger partial charge >= 0.3 is 6.18 Å². The summed E-state index contributed by atoms with van der Waals surface area (Å²) in [5.41, 5.74) is 0.863. The van der Waals surface area contributed by atoms with E-state index in [4.69, 9.17) is 16.2 Å². The summed E-state index contributed by atoms with van der Waals surface area (Å²) < 4.78 is 71.0. The largest absolute Gasteiger partial charge is 0.453 e. The molecular weight excluding hydrogens is 411 g/mol. The lowest BCUT2D eigenvalue weighted by molar-refractivity contribution is -0.144. The summed E-state index contributed by atoms with van der Waals surface area (Å²) in [6.07, 6.45) is -3.34. The lowest BCUT2D eigenvalue weighted by Gasteiger charge is -2.06. The molecular formula is C14H9ClF3N5O3S. The van der Waals surface area contributed by atoms with Crippen LogP contribution in [0.3, 0.4) is 0 Å². The molecule has 3 rings (SSSR count). The zero-order valence-electron chi connectivity index (χ0n) is 13.3. The molecule has 13 heteroatoms. The van der Waals surface area contributed by atoms with E-state index in [0.717, 1.165) is 17.1 Å². The van der Waals surface area contributed by atoms with Gasteiger partial charge in [0.25, 0.3) is 21.9 Å². The second kappa shape index (κ2) is 6.55. The predicted octanol–water partition coefficient (Wildman–Crippen LogP) is 2.95. The van der Waals surface area contributed by atoms with Gasteiger partial charge in [-0.05, 0) is 30.7 Å². The molecule has 0 unspecified atom stereocenters. The average Bonchev–Trinajstić information content (AvgIpc) is 3.02. The maximum absolute atomic E-state index is 13.1. The van der Waals surface area contributed by atoms with Gasteiger partial charge in [0, 0.05) is 10.6 Å². The van der Waals surface area contributed by atoms with Crippen molar-refractivity contribution in [3.8, 4) is 17.3 Å². The molecule has 0 fully saturated rings. The third kappa shape index (κ3) is 3.91. The van der Waals surface area contributed by atoms with Crippen LogP contribution in [0, 0.1) is 6.92 Å². The minimum Gasteiger partial charge on any atom is -0.282 e. The average molecular weight is 420 g/mol. The van der Waals surface area contributed by atoms with E-state index in [0.29, 0.717) is 10.6 Å². The van der Waals surface area contributed by atoms with Crippen molar-refractivity contribution in [2.24, 2.45) is 0 Å². The van der Waals surface area contributed by atoms with Gasteiger partial charge < -0.3 is 0 Å². The highest BCUT2D eigenvalue weighted by Gasteiger charge is 2.38. The van der Waals surface area contributed by atoms with Crippen LogP contribution < -0.4 is 0 Å². The molecule has 8 nitrogen and oxygen atoms in total. The molecule has 142 valence electrons. The molecule has 1 aromatic carbocycles. The number of hydrogen-bond donors (Lipinski definition) is 1. The summed E-state index contributed by atoms with van der Waals surface area (Å²) >= 11 is 5.93. The molecule has 0 bridgehead atoms. The number of alkyl halides is 3. The van der Waals surface area contributed by atoms with Crippen LogP contribution in [0.15, 0.2) is 35.5 Å². The van der Waals surface area contributed by atoms with Gasteiger partial charge in [0.15, 0.2) is 5.82 Å². The first-order valence-corrected chi connectivity index (χ1v) is 8.89. The number of aryl methyl sites for hydroxylation is 1. The fourth-order valence-electron chi connectivity index (χ4n) is 2.09. The van der Waals surface area contributed by atoms with E-state index in [1.807, 2.05) is 0 Å². The van der Waals surface area contributed by atoms with Crippen LogP contribution in [-0.4, -0.2) is 37.7 Å². The van der Waals surface area contributed by atoms with Gasteiger partial charge in [-0.2, -0.15) is 26.3 Å². The molecule has 27 heavy (non-hydrogen) atoms. The SMILES string of the molecule is Cc1cc(-c2nc(C(F)(F)F)nn2-c2ncc(S(=O)(=O)O)cn2)ccc1Cl. The molecule has 2 aromatic heterocycles. The standard InChI is InChI=1S/C14H9ClF3N5O3S/c1-7-4-8(2-3-10(7)15)11-21-12(14(16,17)18)22-23(11)13-19-5-9(6-20-13)27(24,25)26/h2-6H,1H3,(H,24,25,26). The Morgan fingerprint density at radius 1 is 1.19 bits per heavy atom. The van der Waals surface area contributed by atoms with E-state index in [9.17, 15) is 21.6 Å². The van der Waals surface area contributed by atoms with Crippen molar-refractivity contribution in [1.82, 2.24) is 24.7 Å². The zero-order chi connectivity index (χ0) is 20.0. The molecule has 1 N–H and O–H groups in total. The van der Waals surface area contributed by atoms with Crippen molar-refractivity contribution in [3.05, 3.63) is 47.0 Å². The lowest BCUT2D eigenvalue weighted by Crippen LogP contribution is -2.10. The Balaban J connectivity index is 2.19. The van der Waals surface area contributed by atoms with E-state index in [2.05, 4.69) is 20.1 Å². The molecule has 0 amide bonds. The van der Waals surface area contributed by atoms with Crippen LogP contribution in [0.25, 0.3) is 17.3 Å². The quantitative estimate of drug-likeness (QED) is 0.649. The number of aromatic nitrogens is 5. The lowest BCUT2D eigenvalue weighted by atomic mass is 10.1. The Bertz CT molecular complexity index is 1110. The topological polar surface area (TPSA) is 111 Å². The van der Waals surface area contributed by atoms with E-state index < -0.39 is 27.0 Å². The second-order valence-electron chi connectivity index (χ2n) is 5.33. The molecule has 0 atom stereocenters. The maximum Gasteiger partial charge on any atom is 0.453 e. The van der Waals surface area contributed by atoms with Crippen molar-refractivity contribution in [1.29, 1.82) is 0 Å². The summed E-state index contributed by atoms with van der Waals surface area (Å²) in [5, 5.41) is 3.79. The van der Waals surface area contributed by atoms with Crippen LogP contribution in [0.1, 0.15) is 11.4 Å². The molecule has 0 saturated carbocycles. The Morgan fingerprint density at radius 3 is 2.33 bits per heavy atom. The Kier molecular flexibility index (Phi) is 4.66. The second-order valence-corrected chi connectivity index (χ2v) is 7.16. The summed E-state index contributed by atoms with van der Waals surface area (Å²) in [5.74, 6) is -2.01. The summed E-state index contributed by atoms with van der Waals surface area (Å²) in [4.78, 5) is 10.2. The van der Waals surface area contributed by atoms with Crippen molar-refractivity contribution in [2.75, 3.05) is 0 Å². The number of halogens is 4. The van der Waals surface area contributed by atoms with Gasteiger partial charge in [0.2, 0.25) is 0 Å². The van der Waals surface area contributed by atoms with Crippen molar-refractivity contribution in [2.45, 2.75) is 18.0 Å². The summed E-state index contributed by atoms with van der Waals surface area (Å²) in [6.45, 7) is 1.66. The number of rotatable bonds is 3. The van der Waals surface area contributed by atoms with E-state index >= 15 is 0 Å². The molecule has 2 heterocycles. The Morgan fingerprint density at radius 2 is 1.81 bits per heavy atom. The maximum atomic E-state index is 13.1. The van der Waals surface area contributed by atoms with Crippen LogP contribution >= 0.6 is 11.6 Å². The minimum atomic E-state index is -4.82. The number of benzene rings is 1. The summed E-state index contributed by atoms with van der Waals surface area (Å²) in [6, 6.07) is 4.44. The van der Waals surface area contributed by atoms with E-state index in [1.54, 1.807) is 6.92 Å². The van der Waals surface area contributed by atoms with Crippen molar-refractivity contribution < 1.29 is 26.1 Å². The van der Waals surface area contributed by atoms with Crippen molar-refractivity contribution in [3.63, 3.8) is 0 Å². The van der Waals surface area contributed by atoms with Gasteiger partial charge in [-0.3, -0.25) is 4.55 Å². The van der Waals surface area contributed by atoms with Gasteiger partial charge in [-0.15, -0.1) is 5.10 Å². The monoisotopic (exact) mass is 419 g/mol. The molecule has 0 aliphatic rings. The van der Waals surface area contributed by atoms with Gasteiger partial charge in [0.1, 0.15) is 4.90 Å². The van der Waals surface area contributed by atoms with Gasteiger partial charge in [-0.1, -0.05) is 11.6 Å². The molecule has 0 radical (unpaired) electrons.